The monoisotopic (exact) mass is 1420 g/mol. The second kappa shape index (κ2) is 25.2. The van der Waals surface area contributed by atoms with Crippen molar-refractivity contribution in [3.63, 3.8) is 0 Å². The lowest BCUT2D eigenvalue weighted by atomic mass is 9.33. The Balaban J connectivity index is 1.19. The zero-order valence-corrected chi connectivity index (χ0v) is 68.4. The maximum Gasteiger partial charge on any atom is 0.252 e. The molecule has 0 atom stereocenters. The number of pyridine rings is 2. The predicted molar refractivity (Wildman–Crippen MR) is 466 cm³/mol. The van der Waals surface area contributed by atoms with E-state index in [1.807, 2.05) is 48.5 Å². The Bertz CT molecular complexity index is 5380. The molecule has 0 spiro atoms. The molecule has 0 N–H and O–H groups in total. The van der Waals surface area contributed by atoms with Crippen molar-refractivity contribution in [2.75, 3.05) is 14.7 Å². The van der Waals surface area contributed by atoms with Gasteiger partial charge in [0.25, 0.3) is 6.71 Å². The molecule has 108 heavy (non-hydrogen) atoms. The molecule has 0 saturated heterocycles. The first-order valence-electron chi connectivity index (χ1n) is 39.0. The van der Waals surface area contributed by atoms with E-state index in [2.05, 4.69) is 360 Å². The highest BCUT2D eigenvalue weighted by molar-refractivity contribution is 7.00. The quantitative estimate of drug-likeness (QED) is 0.118. The number of para-hydroxylation sites is 4. The Morgan fingerprint density at radius 2 is 0.491 bits per heavy atom. The first-order chi connectivity index (χ1) is 50.4. The van der Waals surface area contributed by atoms with Crippen molar-refractivity contribution in [3.8, 4) is 11.4 Å². The summed E-state index contributed by atoms with van der Waals surface area (Å²) in [5.41, 5.74) is 26.5. The molecule has 0 unspecified atom stereocenters. The van der Waals surface area contributed by atoms with Gasteiger partial charge >= 0.3 is 0 Å². The van der Waals surface area contributed by atoms with E-state index in [4.69, 9.17) is 0 Å². The van der Waals surface area contributed by atoms with Gasteiger partial charge in [0.15, 0.2) is 10.9 Å². The number of nitrogens with zero attached hydrogens (tertiary/aromatic N) is 5. The molecule has 0 fully saturated rings. The van der Waals surface area contributed by atoms with Crippen molar-refractivity contribution >= 4 is 118 Å². The summed E-state index contributed by atoms with van der Waals surface area (Å²) in [7, 11) is 0. The molecular weight excluding hydrogens is 1310 g/mol. The van der Waals surface area contributed by atoms with Gasteiger partial charge in [-0.2, -0.15) is 0 Å². The molecule has 15 rings (SSSR count). The van der Waals surface area contributed by atoms with Gasteiger partial charge in [0.1, 0.15) is 0 Å². The summed E-state index contributed by atoms with van der Waals surface area (Å²) in [6.45, 7) is 56.0. The van der Waals surface area contributed by atoms with Gasteiger partial charge in [0, 0.05) is 78.4 Å². The van der Waals surface area contributed by atoms with Crippen LogP contribution in [0.25, 0.3) is 55.0 Å². The Morgan fingerprint density at radius 1 is 0.250 bits per heavy atom. The minimum atomic E-state index is -0.336. The van der Waals surface area contributed by atoms with E-state index in [1.54, 1.807) is 0 Å². The molecular formula is C100H108BN5O2. The Morgan fingerprint density at radius 3 is 0.750 bits per heavy atom. The van der Waals surface area contributed by atoms with Crippen LogP contribution in [0.4, 0.5) is 51.2 Å². The van der Waals surface area contributed by atoms with Crippen LogP contribution < -0.4 is 41.9 Å². The second-order valence-corrected chi connectivity index (χ2v) is 39.3. The van der Waals surface area contributed by atoms with Crippen LogP contribution in [0.2, 0.25) is 0 Å². The molecule has 548 valence electrons. The van der Waals surface area contributed by atoms with Crippen LogP contribution in [0.1, 0.15) is 211 Å². The Hall–Kier alpha value is -10.2. The summed E-state index contributed by atoms with van der Waals surface area (Å²) in [6, 6.07) is 81.4. The van der Waals surface area contributed by atoms with E-state index in [1.165, 1.54) is 50.0 Å². The summed E-state index contributed by atoms with van der Waals surface area (Å²) in [4.78, 5) is 37.4. The lowest BCUT2D eigenvalue weighted by Crippen LogP contribution is -2.61. The second-order valence-electron chi connectivity index (χ2n) is 39.3. The zero-order chi connectivity index (χ0) is 77.4. The van der Waals surface area contributed by atoms with Crippen molar-refractivity contribution in [2.24, 2.45) is 0 Å². The Kier molecular flexibility index (Phi) is 17.1. The molecule has 11 aromatic carbocycles. The molecule has 4 heterocycles. The highest BCUT2D eigenvalue weighted by atomic mass is 16.1. The maximum atomic E-state index is 14.8. The molecule has 7 nitrogen and oxygen atoms in total. The number of benzene rings is 11. The van der Waals surface area contributed by atoms with Crippen LogP contribution in [0.3, 0.4) is 0 Å². The van der Waals surface area contributed by atoms with E-state index in [9.17, 15) is 9.59 Å². The van der Waals surface area contributed by atoms with Crippen LogP contribution in [-0.2, 0) is 43.3 Å². The van der Waals surface area contributed by atoms with Gasteiger partial charge in [-0.3, -0.25) is 9.59 Å². The van der Waals surface area contributed by atoms with Gasteiger partial charge < -0.3 is 23.8 Å². The van der Waals surface area contributed by atoms with E-state index in [0.29, 0.717) is 21.5 Å². The van der Waals surface area contributed by atoms with Crippen molar-refractivity contribution in [1.29, 1.82) is 0 Å². The number of fused-ring (bicyclic) bond motifs is 8. The minimum absolute atomic E-state index is 0.0168. The fourth-order valence-corrected chi connectivity index (χ4v) is 16.3. The van der Waals surface area contributed by atoms with Crippen LogP contribution >= 0.6 is 0 Å². The number of rotatable bonds is 7. The van der Waals surface area contributed by atoms with Crippen LogP contribution in [0, 0.1) is 0 Å². The molecule has 2 aliphatic rings. The average molecular weight is 1420 g/mol. The lowest BCUT2D eigenvalue weighted by Gasteiger charge is -2.46. The molecule has 0 radical (unpaired) electrons. The van der Waals surface area contributed by atoms with Crippen LogP contribution in [0.5, 0.6) is 0 Å². The minimum Gasteiger partial charge on any atom is -0.311 e. The topological polar surface area (TPSA) is 53.7 Å². The predicted octanol–water partition coefficient (Wildman–Crippen LogP) is 24.5. The van der Waals surface area contributed by atoms with E-state index in [-0.39, 0.29) is 60.9 Å². The zero-order valence-electron chi connectivity index (χ0n) is 68.4. The molecule has 0 saturated carbocycles. The van der Waals surface area contributed by atoms with E-state index in [0.717, 1.165) is 95.6 Å². The molecule has 8 heteroatoms. The maximum absolute atomic E-state index is 14.8. The van der Waals surface area contributed by atoms with Crippen LogP contribution in [-0.4, -0.2) is 15.8 Å². The molecule has 13 aromatic rings. The van der Waals surface area contributed by atoms with Crippen molar-refractivity contribution in [1.82, 2.24) is 9.13 Å². The fourth-order valence-electron chi connectivity index (χ4n) is 16.3. The van der Waals surface area contributed by atoms with E-state index >= 15 is 0 Å². The van der Waals surface area contributed by atoms with Gasteiger partial charge in [-0.15, -0.1) is 0 Å². The molecule has 0 amide bonds. The lowest BCUT2D eigenvalue weighted by molar-refractivity contribution is 0.567. The van der Waals surface area contributed by atoms with Gasteiger partial charge in [0.05, 0.1) is 27.8 Å². The molecule has 0 aliphatic carbocycles. The van der Waals surface area contributed by atoms with Crippen molar-refractivity contribution in [2.45, 2.75) is 209 Å². The summed E-state index contributed by atoms with van der Waals surface area (Å²) in [6.07, 6.45) is 0. The van der Waals surface area contributed by atoms with E-state index < -0.39 is 0 Å². The summed E-state index contributed by atoms with van der Waals surface area (Å²) in [5, 5.41) is 2.66. The van der Waals surface area contributed by atoms with Gasteiger partial charge in [-0.05, 0) is 238 Å². The molecule has 2 aliphatic heterocycles. The van der Waals surface area contributed by atoms with Crippen LogP contribution in [0.15, 0.2) is 228 Å². The number of hydrogen-bond acceptors (Lipinski definition) is 5. The first kappa shape index (κ1) is 73.3. The highest BCUT2D eigenvalue weighted by Gasteiger charge is 2.46. The molecule has 2 aromatic heterocycles. The van der Waals surface area contributed by atoms with Gasteiger partial charge in [-0.25, -0.2) is 0 Å². The third-order valence-corrected chi connectivity index (χ3v) is 23.0. The molecule has 0 bridgehead atoms. The average Bonchev–Trinajstić information content (AvgIpc) is 0.688. The summed E-state index contributed by atoms with van der Waals surface area (Å²) >= 11 is 0. The van der Waals surface area contributed by atoms with Gasteiger partial charge in [0.2, 0.25) is 0 Å². The normalized spacial score (nSPS) is 13.8. The highest BCUT2D eigenvalue weighted by Crippen LogP contribution is 2.53. The number of aromatic nitrogens is 2. The van der Waals surface area contributed by atoms with Crippen molar-refractivity contribution < 1.29 is 0 Å². The van der Waals surface area contributed by atoms with Gasteiger partial charge in [-0.1, -0.05) is 251 Å². The third kappa shape index (κ3) is 12.8. The fraction of sp³-hybridized carbons (Fsp3) is 0.320. The smallest absolute Gasteiger partial charge is 0.252 e. The standard InChI is InChI=1S/C100H108BN5O2/c1-93(2,3)61-45-62(94(4,5)6)50-71(49-61)102(72-51-63(95(7,8)9)46-64(52-72)96(10,11)12)75-59-88-90-89(60-75)106(74-55-67(99(19,20)21)48-68(56-74)100(22,23)24)87-58-70(104-84-39-31-27-35-78(84)92(108)79-36-28-32-40-85(79)104)42-44-81(87)101(90)80-43-41-69(103-82-37-29-25-33-76(82)91(107)77-34-26-30-38-83(77)103)57-86(80)105(88)73-53-65(97(13,14)15)47-66(54-73)98(16,17)18/h25-60H,1-24H3. The summed E-state index contributed by atoms with van der Waals surface area (Å²) < 4.78 is 4.63. The Labute approximate surface area is 642 Å². The number of hydrogen-bond donors (Lipinski definition) is 0. The SMILES string of the molecule is CC(C)(C)c1cc(N(c2cc(C(C)(C)C)cc(C(C)(C)C)c2)c2cc3c4c(c2)N(c2cc(C(C)(C)C)cc(C(C)(C)C)c2)c2cc(-n5c6ccccc6c(=O)c6ccccc65)ccc2B4c2ccc(-n4c5ccccc5c(=O)c5ccccc54)cc2N3c2cc(C(C)(C)C)cc(C(C)(C)C)c2)cc(C(C)(C)C)c1. The first-order valence-corrected chi connectivity index (χ1v) is 39.0. The van der Waals surface area contributed by atoms with Crippen molar-refractivity contribution in [3.05, 3.63) is 283 Å². The number of anilines is 9. The summed E-state index contributed by atoms with van der Waals surface area (Å²) in [5.74, 6) is 0. The third-order valence-electron chi connectivity index (χ3n) is 23.0. The largest absolute Gasteiger partial charge is 0.311 e.